The van der Waals surface area contributed by atoms with Gasteiger partial charge >= 0.3 is 0 Å². The normalized spacial score (nSPS) is 10.5. The zero-order valence-corrected chi connectivity index (χ0v) is 7.51. The van der Waals surface area contributed by atoms with Gasteiger partial charge in [-0.15, -0.1) is 11.6 Å². The van der Waals surface area contributed by atoms with Crippen LogP contribution in [-0.2, 0) is 5.88 Å². The topological polar surface area (TPSA) is 45.8 Å². The summed E-state index contributed by atoms with van der Waals surface area (Å²) >= 11 is 5.61. The average molecular weight is 195 g/mol. The second-order valence-corrected chi connectivity index (χ2v) is 2.96. The number of halogens is 1. The molecule has 2 aromatic rings. The minimum absolute atomic E-state index is 0.147. The van der Waals surface area contributed by atoms with E-state index in [0.717, 1.165) is 11.1 Å². The molecule has 4 heteroatoms. The number of rotatable bonds is 1. The number of H-pyrrole nitrogens is 1. The fraction of sp³-hybridized carbons (Fsp3) is 0.111. The van der Waals surface area contributed by atoms with Crippen molar-refractivity contribution in [2.24, 2.45) is 0 Å². The molecular formula is C9H7ClN2O. The summed E-state index contributed by atoms with van der Waals surface area (Å²) in [6.45, 7) is 0. The van der Waals surface area contributed by atoms with Crippen molar-refractivity contribution in [2.45, 2.75) is 5.88 Å². The van der Waals surface area contributed by atoms with Crippen LogP contribution >= 0.6 is 11.6 Å². The van der Waals surface area contributed by atoms with E-state index in [9.17, 15) is 4.79 Å². The number of fused-ring (bicyclic) bond motifs is 1. The lowest BCUT2D eigenvalue weighted by atomic mass is 10.2. The molecule has 0 aromatic carbocycles. The van der Waals surface area contributed by atoms with Crippen LogP contribution in [0.15, 0.2) is 29.1 Å². The van der Waals surface area contributed by atoms with Crippen LogP contribution in [0.4, 0.5) is 0 Å². The van der Waals surface area contributed by atoms with E-state index in [4.69, 9.17) is 11.6 Å². The maximum absolute atomic E-state index is 11.0. The van der Waals surface area contributed by atoms with Crippen LogP contribution in [0, 0.1) is 0 Å². The molecule has 13 heavy (non-hydrogen) atoms. The van der Waals surface area contributed by atoms with Gasteiger partial charge in [0.25, 0.3) is 0 Å². The first kappa shape index (κ1) is 8.26. The van der Waals surface area contributed by atoms with Crippen LogP contribution in [0.5, 0.6) is 0 Å². The molecule has 0 aliphatic heterocycles. The Hall–Kier alpha value is -1.35. The molecule has 0 aliphatic rings. The van der Waals surface area contributed by atoms with Crippen molar-refractivity contribution in [2.75, 3.05) is 0 Å². The third-order valence-electron chi connectivity index (χ3n) is 1.78. The molecule has 0 radical (unpaired) electrons. The molecule has 1 N–H and O–H groups in total. The van der Waals surface area contributed by atoms with Crippen molar-refractivity contribution in [3.8, 4) is 0 Å². The Kier molecular flexibility index (Phi) is 2.02. The number of hydrogen-bond donors (Lipinski definition) is 1. The fourth-order valence-corrected chi connectivity index (χ4v) is 1.29. The van der Waals surface area contributed by atoms with Crippen LogP contribution in [0.2, 0.25) is 0 Å². The van der Waals surface area contributed by atoms with Gasteiger partial charge in [-0.25, -0.2) is 4.98 Å². The Morgan fingerprint density at radius 1 is 1.31 bits per heavy atom. The van der Waals surface area contributed by atoms with Crippen LogP contribution in [0.25, 0.3) is 11.0 Å². The molecule has 0 aliphatic carbocycles. The lowest BCUT2D eigenvalue weighted by molar-refractivity contribution is 1.16. The summed E-state index contributed by atoms with van der Waals surface area (Å²) in [4.78, 5) is 17.8. The van der Waals surface area contributed by atoms with Gasteiger partial charge in [-0.1, -0.05) is 0 Å². The van der Waals surface area contributed by atoms with E-state index < -0.39 is 0 Å². The van der Waals surface area contributed by atoms with E-state index in [0.29, 0.717) is 11.5 Å². The highest BCUT2D eigenvalue weighted by Gasteiger charge is 1.97. The van der Waals surface area contributed by atoms with E-state index in [1.807, 2.05) is 12.1 Å². The molecule has 2 rings (SSSR count). The lowest BCUT2D eigenvalue weighted by Crippen LogP contribution is -2.04. The molecule has 0 saturated carbocycles. The SMILES string of the molecule is O=c1ccc2ccc(CCl)nc2[nH]1. The van der Waals surface area contributed by atoms with Crippen molar-refractivity contribution in [1.82, 2.24) is 9.97 Å². The van der Waals surface area contributed by atoms with Crippen LogP contribution in [0.1, 0.15) is 5.69 Å². The van der Waals surface area contributed by atoms with Crippen molar-refractivity contribution in [1.29, 1.82) is 0 Å². The highest BCUT2D eigenvalue weighted by atomic mass is 35.5. The number of nitrogens with one attached hydrogen (secondary N) is 1. The van der Waals surface area contributed by atoms with Gasteiger partial charge < -0.3 is 4.98 Å². The molecule has 0 bridgehead atoms. The zero-order valence-electron chi connectivity index (χ0n) is 6.75. The Balaban J connectivity index is 2.75. The quantitative estimate of drug-likeness (QED) is 0.702. The van der Waals surface area contributed by atoms with Crippen LogP contribution < -0.4 is 5.56 Å². The molecule has 0 fully saturated rings. The first-order chi connectivity index (χ1) is 6.29. The van der Waals surface area contributed by atoms with Crippen LogP contribution in [0.3, 0.4) is 0 Å². The van der Waals surface area contributed by atoms with E-state index in [1.165, 1.54) is 6.07 Å². The van der Waals surface area contributed by atoms with Gasteiger partial charge in [0.05, 0.1) is 11.6 Å². The maximum Gasteiger partial charge on any atom is 0.249 e. The highest BCUT2D eigenvalue weighted by Crippen LogP contribution is 2.08. The third kappa shape index (κ3) is 1.55. The van der Waals surface area contributed by atoms with Gasteiger partial charge in [-0.05, 0) is 18.2 Å². The first-order valence-corrected chi connectivity index (χ1v) is 4.38. The summed E-state index contributed by atoms with van der Waals surface area (Å²) in [5.74, 6) is 0.354. The largest absolute Gasteiger partial charge is 0.307 e. The number of nitrogens with zero attached hydrogens (tertiary/aromatic N) is 1. The molecule has 0 spiro atoms. The summed E-state index contributed by atoms with van der Waals surface area (Å²) in [6.07, 6.45) is 0. The Morgan fingerprint density at radius 2 is 2.08 bits per heavy atom. The Bertz CT molecular complexity index is 492. The van der Waals surface area contributed by atoms with E-state index in [1.54, 1.807) is 6.07 Å². The van der Waals surface area contributed by atoms with Crippen molar-refractivity contribution in [3.63, 3.8) is 0 Å². The van der Waals surface area contributed by atoms with Crippen molar-refractivity contribution in [3.05, 3.63) is 40.3 Å². The Morgan fingerprint density at radius 3 is 2.85 bits per heavy atom. The number of hydrogen-bond acceptors (Lipinski definition) is 2. The standard InChI is InChI=1S/C9H7ClN2O/c10-5-7-3-1-6-2-4-8(13)12-9(6)11-7/h1-4H,5H2,(H,11,12,13). The molecule has 2 heterocycles. The van der Waals surface area contributed by atoms with Gasteiger partial charge in [-0.2, -0.15) is 0 Å². The minimum Gasteiger partial charge on any atom is -0.307 e. The summed E-state index contributed by atoms with van der Waals surface area (Å²) in [6, 6.07) is 6.94. The predicted octanol–water partition coefficient (Wildman–Crippen LogP) is 1.66. The van der Waals surface area contributed by atoms with Gasteiger partial charge in [-0.3, -0.25) is 4.79 Å². The predicted molar refractivity (Wildman–Crippen MR) is 51.9 cm³/mol. The smallest absolute Gasteiger partial charge is 0.249 e. The molecule has 0 atom stereocenters. The van der Waals surface area contributed by atoms with Gasteiger partial charge in [0.15, 0.2) is 0 Å². The van der Waals surface area contributed by atoms with Gasteiger partial charge in [0, 0.05) is 11.5 Å². The highest BCUT2D eigenvalue weighted by molar-refractivity contribution is 6.16. The monoisotopic (exact) mass is 194 g/mol. The summed E-state index contributed by atoms with van der Waals surface area (Å²) in [7, 11) is 0. The molecule has 3 nitrogen and oxygen atoms in total. The zero-order chi connectivity index (χ0) is 9.26. The number of aromatic amines is 1. The summed E-state index contributed by atoms with van der Waals surface area (Å²) in [5.41, 5.74) is 1.20. The number of aromatic nitrogens is 2. The van der Waals surface area contributed by atoms with Gasteiger partial charge in [0.2, 0.25) is 5.56 Å². The summed E-state index contributed by atoms with van der Waals surface area (Å²) in [5, 5.41) is 0.911. The molecule has 66 valence electrons. The minimum atomic E-state index is -0.147. The molecule has 2 aromatic heterocycles. The van der Waals surface area contributed by atoms with E-state index in [2.05, 4.69) is 9.97 Å². The molecule has 0 unspecified atom stereocenters. The van der Waals surface area contributed by atoms with Crippen molar-refractivity contribution < 1.29 is 0 Å². The van der Waals surface area contributed by atoms with E-state index in [-0.39, 0.29) is 5.56 Å². The molecule has 0 amide bonds. The number of pyridine rings is 2. The summed E-state index contributed by atoms with van der Waals surface area (Å²) < 4.78 is 0. The fourth-order valence-electron chi connectivity index (χ4n) is 1.14. The number of alkyl halides is 1. The maximum atomic E-state index is 11.0. The third-order valence-corrected chi connectivity index (χ3v) is 2.05. The lowest BCUT2D eigenvalue weighted by Gasteiger charge is -1.97. The first-order valence-electron chi connectivity index (χ1n) is 3.84. The van der Waals surface area contributed by atoms with Crippen molar-refractivity contribution >= 4 is 22.6 Å². The van der Waals surface area contributed by atoms with E-state index >= 15 is 0 Å². The molecule has 0 saturated heterocycles. The van der Waals surface area contributed by atoms with Gasteiger partial charge in [0.1, 0.15) is 5.65 Å². The molecular weight excluding hydrogens is 188 g/mol. The van der Waals surface area contributed by atoms with Crippen LogP contribution in [-0.4, -0.2) is 9.97 Å². The Labute approximate surface area is 79.4 Å². The average Bonchev–Trinajstić information content (AvgIpc) is 2.16. The second kappa shape index (κ2) is 3.18. The second-order valence-electron chi connectivity index (χ2n) is 2.70.